The first-order valence-corrected chi connectivity index (χ1v) is 15.2. The summed E-state index contributed by atoms with van der Waals surface area (Å²) in [6.07, 6.45) is 1.82. The van der Waals surface area contributed by atoms with Gasteiger partial charge in [-0.25, -0.2) is 0 Å². The summed E-state index contributed by atoms with van der Waals surface area (Å²) in [6, 6.07) is 13.3. The van der Waals surface area contributed by atoms with Gasteiger partial charge in [0.1, 0.15) is 17.8 Å². The van der Waals surface area contributed by atoms with E-state index in [9.17, 15) is 14.4 Å². The van der Waals surface area contributed by atoms with Crippen molar-refractivity contribution in [2.75, 3.05) is 19.7 Å². The number of aryl methyl sites for hydroxylation is 1. The Kier molecular flexibility index (Phi) is 14.8. The molecule has 0 aliphatic heterocycles. The number of carbonyl (C=O) groups excluding carboxylic acids is 3. The third-order valence-corrected chi connectivity index (χ3v) is 6.96. The van der Waals surface area contributed by atoms with Crippen molar-refractivity contribution in [3.05, 3.63) is 64.7 Å². The minimum Gasteiger partial charge on any atom is -0.493 e. The largest absolute Gasteiger partial charge is 0.493 e. The highest BCUT2D eigenvalue weighted by molar-refractivity contribution is 6.30. The average molecular weight is 615 g/mol. The topological polar surface area (TPSA) is 158 Å². The van der Waals surface area contributed by atoms with Crippen molar-refractivity contribution in [3.63, 3.8) is 0 Å². The van der Waals surface area contributed by atoms with Gasteiger partial charge in [-0.2, -0.15) is 0 Å². The maximum Gasteiger partial charge on any atom is 0.244 e. The summed E-state index contributed by atoms with van der Waals surface area (Å²) < 4.78 is 5.92. The number of para-hydroxylation sites is 1. The van der Waals surface area contributed by atoms with Crippen LogP contribution in [0.3, 0.4) is 0 Å². The van der Waals surface area contributed by atoms with Crippen LogP contribution in [0, 0.1) is 23.2 Å². The summed E-state index contributed by atoms with van der Waals surface area (Å²) in [4.78, 5) is 39.4. The highest BCUT2D eigenvalue weighted by Gasteiger charge is 2.30. The van der Waals surface area contributed by atoms with Crippen LogP contribution >= 0.6 is 11.6 Å². The zero-order chi connectivity index (χ0) is 31.9. The van der Waals surface area contributed by atoms with E-state index in [0.717, 1.165) is 16.9 Å². The van der Waals surface area contributed by atoms with Crippen LogP contribution in [0.15, 0.2) is 48.5 Å². The summed E-state index contributed by atoms with van der Waals surface area (Å²) in [5.74, 6) is -0.944. The molecule has 11 heteroatoms. The van der Waals surface area contributed by atoms with Crippen LogP contribution in [0.4, 0.5) is 0 Å². The lowest BCUT2D eigenvalue weighted by molar-refractivity contribution is -0.133. The number of ether oxygens (including phenoxy) is 1. The van der Waals surface area contributed by atoms with Crippen LogP contribution in [0.5, 0.6) is 5.75 Å². The molecule has 0 saturated heterocycles. The second-order valence-electron chi connectivity index (χ2n) is 11.5. The van der Waals surface area contributed by atoms with Gasteiger partial charge in [0.2, 0.25) is 17.7 Å². The summed E-state index contributed by atoms with van der Waals surface area (Å²) in [6.45, 7) is 10.5. The smallest absolute Gasteiger partial charge is 0.244 e. The van der Waals surface area contributed by atoms with Crippen LogP contribution in [-0.4, -0.2) is 55.5 Å². The molecule has 3 amide bonds. The number of hydrogen-bond acceptors (Lipinski definition) is 5. The summed E-state index contributed by atoms with van der Waals surface area (Å²) in [7, 11) is 0. The van der Waals surface area contributed by atoms with Gasteiger partial charge in [0, 0.05) is 24.0 Å². The second kappa shape index (κ2) is 18.0. The zero-order valence-electron chi connectivity index (χ0n) is 25.8. The van der Waals surface area contributed by atoms with E-state index < -0.39 is 29.8 Å². The predicted molar refractivity (Wildman–Crippen MR) is 171 cm³/mol. The SMILES string of the molecule is CC(C)COc1ccccc1CCCNC(=O)[C@H](CNC(=N)N)NC(=O)[C@H](NC(=O)[C@H](C)Cc1cccc(Cl)c1)C(C)C. The van der Waals surface area contributed by atoms with E-state index in [1.165, 1.54) is 0 Å². The third-order valence-electron chi connectivity index (χ3n) is 6.72. The molecular formula is C32H47ClN6O4. The summed E-state index contributed by atoms with van der Waals surface area (Å²) in [5, 5.41) is 19.1. The lowest BCUT2D eigenvalue weighted by Crippen LogP contribution is -2.59. The van der Waals surface area contributed by atoms with E-state index in [1.807, 2.05) is 56.3 Å². The Balaban J connectivity index is 1.98. The van der Waals surface area contributed by atoms with Gasteiger partial charge in [0.25, 0.3) is 0 Å². The minimum atomic E-state index is -1.01. The molecule has 2 aromatic rings. The second-order valence-corrected chi connectivity index (χ2v) is 12.0. The molecular weight excluding hydrogens is 568 g/mol. The fourth-order valence-corrected chi connectivity index (χ4v) is 4.56. The van der Waals surface area contributed by atoms with Gasteiger partial charge in [0.05, 0.1) is 6.61 Å². The molecule has 0 bridgehead atoms. The molecule has 2 aromatic carbocycles. The first-order chi connectivity index (χ1) is 20.4. The molecule has 0 radical (unpaired) electrons. The van der Waals surface area contributed by atoms with E-state index in [1.54, 1.807) is 13.0 Å². The Morgan fingerprint density at radius 1 is 0.930 bits per heavy atom. The molecule has 7 N–H and O–H groups in total. The summed E-state index contributed by atoms with van der Waals surface area (Å²) >= 11 is 6.07. The molecule has 0 aliphatic rings. The Morgan fingerprint density at radius 2 is 1.65 bits per heavy atom. The fourth-order valence-electron chi connectivity index (χ4n) is 4.34. The van der Waals surface area contributed by atoms with E-state index in [2.05, 4.69) is 35.1 Å². The number of carbonyl (C=O) groups is 3. The first kappa shape index (κ1) is 35.4. The van der Waals surface area contributed by atoms with E-state index in [-0.39, 0.29) is 24.3 Å². The fraction of sp³-hybridized carbons (Fsp3) is 0.500. The summed E-state index contributed by atoms with van der Waals surface area (Å²) in [5.41, 5.74) is 7.42. The van der Waals surface area contributed by atoms with Crippen molar-refractivity contribution in [3.8, 4) is 5.75 Å². The molecule has 2 rings (SSSR count). The Bertz CT molecular complexity index is 1220. The van der Waals surface area contributed by atoms with Crippen LogP contribution in [-0.2, 0) is 27.2 Å². The Hall–Kier alpha value is -3.79. The molecule has 0 aliphatic carbocycles. The van der Waals surface area contributed by atoms with Crippen molar-refractivity contribution in [2.24, 2.45) is 23.5 Å². The predicted octanol–water partition coefficient (Wildman–Crippen LogP) is 3.41. The minimum absolute atomic E-state index is 0.0806. The third kappa shape index (κ3) is 12.9. The van der Waals surface area contributed by atoms with Gasteiger partial charge in [-0.15, -0.1) is 0 Å². The molecule has 0 fully saturated rings. The molecule has 0 saturated carbocycles. The zero-order valence-corrected chi connectivity index (χ0v) is 26.6. The molecule has 0 heterocycles. The van der Waals surface area contributed by atoms with Gasteiger partial charge in [-0.3, -0.25) is 19.8 Å². The molecule has 10 nitrogen and oxygen atoms in total. The Morgan fingerprint density at radius 3 is 2.30 bits per heavy atom. The number of halogens is 1. The standard InChI is InChI=1S/C32H47ClN6O4/c1-20(2)19-43-27-14-7-6-11-24(27)12-9-15-36-30(41)26(18-37-32(34)35)38-31(42)28(21(3)4)39-29(40)22(5)16-23-10-8-13-25(33)17-23/h6-8,10-11,13-14,17,20-22,26,28H,9,12,15-16,18-19H2,1-5H3,(H,36,41)(H,38,42)(H,39,40)(H4,34,35,37)/t22-,26+,28-/m1/s1. The maximum atomic E-state index is 13.3. The van der Waals surface area contributed by atoms with E-state index in [0.29, 0.717) is 43.4 Å². The van der Waals surface area contributed by atoms with Gasteiger partial charge in [-0.1, -0.05) is 76.6 Å². The number of guanidine groups is 1. The average Bonchev–Trinajstić information content (AvgIpc) is 2.94. The van der Waals surface area contributed by atoms with Crippen molar-refractivity contribution in [1.29, 1.82) is 5.41 Å². The lowest BCUT2D eigenvalue weighted by Gasteiger charge is -2.26. The van der Waals surface area contributed by atoms with Gasteiger partial charge < -0.3 is 31.7 Å². The molecule has 43 heavy (non-hydrogen) atoms. The molecule has 0 aromatic heterocycles. The van der Waals surface area contributed by atoms with Crippen LogP contribution < -0.4 is 31.7 Å². The normalized spacial score (nSPS) is 13.1. The number of nitrogens with two attached hydrogens (primary N) is 1. The van der Waals surface area contributed by atoms with Crippen LogP contribution in [0.2, 0.25) is 5.02 Å². The number of benzene rings is 2. The monoisotopic (exact) mass is 614 g/mol. The van der Waals surface area contributed by atoms with Crippen molar-refractivity contribution >= 4 is 35.3 Å². The number of rotatable bonds is 17. The van der Waals surface area contributed by atoms with Gasteiger partial charge in [0.15, 0.2) is 5.96 Å². The number of nitrogens with one attached hydrogen (secondary N) is 5. The molecule has 3 atom stereocenters. The van der Waals surface area contributed by atoms with Crippen LogP contribution in [0.1, 0.15) is 52.2 Å². The van der Waals surface area contributed by atoms with Gasteiger partial charge in [-0.05, 0) is 60.4 Å². The quantitative estimate of drug-likeness (QED) is 0.0910. The number of amides is 3. The molecule has 236 valence electrons. The highest BCUT2D eigenvalue weighted by Crippen LogP contribution is 2.20. The molecule has 0 unspecified atom stereocenters. The van der Waals surface area contributed by atoms with E-state index in [4.69, 9.17) is 27.5 Å². The van der Waals surface area contributed by atoms with Crippen molar-refractivity contribution < 1.29 is 19.1 Å². The molecule has 0 spiro atoms. The highest BCUT2D eigenvalue weighted by atomic mass is 35.5. The Labute approximate surface area is 260 Å². The first-order valence-electron chi connectivity index (χ1n) is 14.8. The maximum absolute atomic E-state index is 13.3. The van der Waals surface area contributed by atoms with Crippen molar-refractivity contribution in [2.45, 2.75) is 66.0 Å². The van der Waals surface area contributed by atoms with Crippen molar-refractivity contribution in [1.82, 2.24) is 21.3 Å². The van der Waals surface area contributed by atoms with E-state index >= 15 is 0 Å². The number of hydrogen-bond donors (Lipinski definition) is 6. The van der Waals surface area contributed by atoms with Gasteiger partial charge >= 0.3 is 0 Å². The van der Waals surface area contributed by atoms with Crippen LogP contribution in [0.25, 0.3) is 0 Å². The lowest BCUT2D eigenvalue weighted by atomic mass is 9.98.